The topological polar surface area (TPSA) is 88.7 Å². The van der Waals surface area contributed by atoms with Crippen molar-refractivity contribution >= 4 is 5.69 Å². The second-order valence-corrected chi connectivity index (χ2v) is 2.90. The second-order valence-electron chi connectivity index (χ2n) is 2.90. The minimum atomic E-state index is -2.66. The van der Waals surface area contributed by atoms with Gasteiger partial charge in [-0.25, -0.2) is 8.78 Å². The van der Waals surface area contributed by atoms with Gasteiger partial charge in [-0.05, 0) is 6.07 Å². The van der Waals surface area contributed by atoms with Crippen molar-refractivity contribution < 1.29 is 8.78 Å². The molecule has 4 nitrogen and oxygen atoms in total. The zero-order chi connectivity index (χ0) is 11.4. The van der Waals surface area contributed by atoms with Crippen LogP contribution in [0.2, 0.25) is 0 Å². The molecular weight excluding hydrogens is 202 g/mol. The van der Waals surface area contributed by atoms with Gasteiger partial charge in [0.1, 0.15) is 0 Å². The van der Waals surface area contributed by atoms with E-state index in [1.54, 1.807) is 0 Å². The van der Waals surface area contributed by atoms with E-state index in [9.17, 15) is 8.78 Å². The van der Waals surface area contributed by atoms with Gasteiger partial charge in [0.15, 0.2) is 0 Å². The highest BCUT2D eigenvalue weighted by atomic mass is 19.3. The van der Waals surface area contributed by atoms with Crippen molar-refractivity contribution in [2.24, 2.45) is 5.73 Å². The van der Waals surface area contributed by atoms with Crippen molar-refractivity contribution in [2.45, 2.75) is 19.4 Å². The Morgan fingerprint density at radius 2 is 2.13 bits per heavy atom. The molecule has 1 rings (SSSR count). The highest BCUT2D eigenvalue weighted by Gasteiger charge is 2.16. The van der Waals surface area contributed by atoms with Gasteiger partial charge in [-0.3, -0.25) is 4.98 Å². The Morgan fingerprint density at radius 1 is 1.47 bits per heavy atom. The van der Waals surface area contributed by atoms with E-state index < -0.39 is 6.43 Å². The average molecular weight is 212 g/mol. The molecule has 4 N–H and O–H groups in total. The quantitative estimate of drug-likeness (QED) is 0.785. The summed E-state index contributed by atoms with van der Waals surface area (Å²) in [6, 6.07) is 2.99. The third kappa shape index (κ3) is 2.39. The van der Waals surface area contributed by atoms with Crippen LogP contribution in [0.15, 0.2) is 6.07 Å². The summed E-state index contributed by atoms with van der Waals surface area (Å²) in [6.07, 6.45) is -2.67. The molecule has 0 aliphatic rings. The zero-order valence-electron chi connectivity index (χ0n) is 7.87. The molecule has 0 aliphatic heterocycles. The molecule has 0 saturated carbocycles. The summed E-state index contributed by atoms with van der Waals surface area (Å²) >= 11 is 0. The Bertz CT molecular complexity index is 398. The second kappa shape index (κ2) is 4.66. The number of pyridine rings is 1. The smallest absolute Gasteiger partial charge is 0.265 e. The molecule has 0 radical (unpaired) electrons. The molecule has 0 aliphatic carbocycles. The van der Waals surface area contributed by atoms with E-state index in [1.165, 1.54) is 0 Å². The van der Waals surface area contributed by atoms with Crippen molar-refractivity contribution in [3.05, 3.63) is 23.0 Å². The van der Waals surface area contributed by atoms with Gasteiger partial charge in [0.25, 0.3) is 6.43 Å². The fraction of sp³-hybridized carbons (Fsp3) is 0.333. The first-order valence-electron chi connectivity index (χ1n) is 4.23. The van der Waals surface area contributed by atoms with E-state index in [0.29, 0.717) is 5.69 Å². The van der Waals surface area contributed by atoms with Gasteiger partial charge in [-0.15, -0.1) is 0 Å². The number of alkyl halides is 2. The minimum Gasteiger partial charge on any atom is -0.397 e. The first-order valence-corrected chi connectivity index (χ1v) is 4.23. The molecule has 0 aromatic carbocycles. The number of nitriles is 1. The lowest BCUT2D eigenvalue weighted by Gasteiger charge is -2.09. The van der Waals surface area contributed by atoms with Crippen LogP contribution in [0.5, 0.6) is 0 Å². The van der Waals surface area contributed by atoms with Crippen LogP contribution in [0.25, 0.3) is 0 Å². The molecule has 0 fully saturated rings. The lowest BCUT2D eigenvalue weighted by Crippen LogP contribution is -2.09. The van der Waals surface area contributed by atoms with Crippen LogP contribution in [0.4, 0.5) is 14.5 Å². The monoisotopic (exact) mass is 212 g/mol. The third-order valence-electron chi connectivity index (χ3n) is 1.92. The van der Waals surface area contributed by atoms with Crippen molar-refractivity contribution in [3.8, 4) is 6.07 Å². The van der Waals surface area contributed by atoms with Crippen LogP contribution in [0, 0.1) is 11.3 Å². The fourth-order valence-corrected chi connectivity index (χ4v) is 1.20. The summed E-state index contributed by atoms with van der Waals surface area (Å²) in [6.45, 7) is -0.0988. The van der Waals surface area contributed by atoms with Gasteiger partial charge < -0.3 is 11.5 Å². The summed E-state index contributed by atoms with van der Waals surface area (Å²) in [5.74, 6) is 0. The van der Waals surface area contributed by atoms with Crippen molar-refractivity contribution in [3.63, 3.8) is 0 Å². The summed E-state index contributed by atoms with van der Waals surface area (Å²) in [7, 11) is 0. The van der Waals surface area contributed by atoms with Crippen molar-refractivity contribution in [1.82, 2.24) is 4.98 Å². The van der Waals surface area contributed by atoms with E-state index in [2.05, 4.69) is 4.98 Å². The zero-order valence-corrected chi connectivity index (χ0v) is 7.87. The SMILES string of the molecule is N#CCc1nc(CN)c(C(F)F)cc1N. The van der Waals surface area contributed by atoms with Gasteiger partial charge in [0.2, 0.25) is 0 Å². The molecule has 0 unspecified atom stereocenters. The van der Waals surface area contributed by atoms with Crippen LogP contribution in [0.1, 0.15) is 23.4 Å². The van der Waals surface area contributed by atoms with Gasteiger partial charge >= 0.3 is 0 Å². The number of nitrogens with zero attached hydrogens (tertiary/aromatic N) is 2. The van der Waals surface area contributed by atoms with Crippen LogP contribution in [-0.2, 0) is 13.0 Å². The molecule has 0 spiro atoms. The van der Waals surface area contributed by atoms with Gasteiger partial charge in [-0.1, -0.05) is 0 Å². The molecule has 1 heterocycles. The number of aromatic nitrogens is 1. The first-order chi connectivity index (χ1) is 7.10. The van der Waals surface area contributed by atoms with Crippen LogP contribution >= 0.6 is 0 Å². The lowest BCUT2D eigenvalue weighted by atomic mass is 10.1. The van der Waals surface area contributed by atoms with Crippen molar-refractivity contribution in [1.29, 1.82) is 5.26 Å². The number of rotatable bonds is 3. The lowest BCUT2D eigenvalue weighted by molar-refractivity contribution is 0.149. The fourth-order valence-electron chi connectivity index (χ4n) is 1.20. The summed E-state index contributed by atoms with van der Waals surface area (Å²) < 4.78 is 25.0. The van der Waals surface area contributed by atoms with Crippen molar-refractivity contribution in [2.75, 3.05) is 5.73 Å². The number of anilines is 1. The predicted molar refractivity (Wildman–Crippen MR) is 50.8 cm³/mol. The number of nitrogens with two attached hydrogens (primary N) is 2. The molecule has 1 aromatic heterocycles. The van der Waals surface area contributed by atoms with Crippen LogP contribution in [-0.4, -0.2) is 4.98 Å². The molecule has 80 valence electrons. The summed E-state index contributed by atoms with van der Waals surface area (Å²) in [4.78, 5) is 3.85. The molecular formula is C9H10F2N4. The van der Waals surface area contributed by atoms with Gasteiger partial charge in [0, 0.05) is 12.1 Å². The summed E-state index contributed by atoms with van der Waals surface area (Å²) in [5.41, 5.74) is 11.0. The minimum absolute atomic E-state index is 0.0116. The standard InChI is InChI=1S/C9H10F2N4/c10-9(11)5-3-6(14)7(1-2-12)15-8(5)4-13/h3,9H,1,4,13-14H2. The Kier molecular flexibility index (Phi) is 3.52. The van der Waals surface area contributed by atoms with Gasteiger partial charge in [0.05, 0.1) is 29.6 Å². The number of hydrogen-bond acceptors (Lipinski definition) is 4. The predicted octanol–water partition coefficient (Wildman–Crippen LogP) is 1.13. The van der Waals surface area contributed by atoms with E-state index in [1.807, 2.05) is 6.07 Å². The maximum atomic E-state index is 12.5. The normalized spacial score (nSPS) is 10.3. The van der Waals surface area contributed by atoms with E-state index >= 15 is 0 Å². The largest absolute Gasteiger partial charge is 0.397 e. The maximum absolute atomic E-state index is 12.5. The van der Waals surface area contributed by atoms with Crippen LogP contribution in [0.3, 0.4) is 0 Å². The van der Waals surface area contributed by atoms with E-state index in [-0.39, 0.29) is 29.9 Å². The molecule has 0 saturated heterocycles. The molecule has 0 bridgehead atoms. The van der Waals surface area contributed by atoms with E-state index in [4.69, 9.17) is 16.7 Å². The Labute approximate surface area is 85.5 Å². The van der Waals surface area contributed by atoms with Crippen LogP contribution < -0.4 is 11.5 Å². The average Bonchev–Trinajstić information content (AvgIpc) is 2.20. The number of halogens is 2. The molecule has 1 aromatic rings. The molecule has 6 heteroatoms. The third-order valence-corrected chi connectivity index (χ3v) is 1.92. The number of hydrogen-bond donors (Lipinski definition) is 2. The first kappa shape index (κ1) is 11.3. The molecule has 15 heavy (non-hydrogen) atoms. The summed E-state index contributed by atoms with van der Waals surface area (Å²) in [5, 5.41) is 8.46. The highest BCUT2D eigenvalue weighted by molar-refractivity contribution is 5.48. The molecule has 0 atom stereocenters. The maximum Gasteiger partial charge on any atom is 0.265 e. The van der Waals surface area contributed by atoms with Gasteiger partial charge in [-0.2, -0.15) is 5.26 Å². The Balaban J connectivity index is 3.24. The number of nitrogen functional groups attached to an aromatic ring is 1. The van der Waals surface area contributed by atoms with E-state index in [0.717, 1.165) is 6.07 Å². The molecule has 0 amide bonds. The highest BCUT2D eigenvalue weighted by Crippen LogP contribution is 2.25. The Morgan fingerprint density at radius 3 is 2.60 bits per heavy atom. The Hall–Kier alpha value is -1.74.